The Hall–Kier alpha value is -0.940. The second-order valence-corrected chi connectivity index (χ2v) is 5.41. The first-order valence-electron chi connectivity index (χ1n) is 6.00. The van der Waals surface area contributed by atoms with Gasteiger partial charge in [0.15, 0.2) is 5.82 Å². The second kappa shape index (κ2) is 9.08. The molecule has 0 aliphatic carbocycles. The van der Waals surface area contributed by atoms with Gasteiger partial charge in [0.05, 0.1) is 16.8 Å². The summed E-state index contributed by atoms with van der Waals surface area (Å²) in [5.41, 5.74) is -0.00863. The van der Waals surface area contributed by atoms with Crippen molar-refractivity contribution in [1.82, 2.24) is 0 Å². The van der Waals surface area contributed by atoms with Crippen LogP contribution < -0.4 is 0 Å². The minimum atomic E-state index is -0.618. The summed E-state index contributed by atoms with van der Waals surface area (Å²) in [6.07, 6.45) is 2.87. The van der Waals surface area contributed by atoms with E-state index in [1.165, 1.54) is 6.07 Å². The van der Waals surface area contributed by atoms with Gasteiger partial charge in [-0.3, -0.25) is 0 Å². The summed E-state index contributed by atoms with van der Waals surface area (Å²) in [7, 11) is 0. The first-order chi connectivity index (χ1) is 9.58. The summed E-state index contributed by atoms with van der Waals surface area (Å²) in [6, 6.07) is 2.43. The number of benzene rings is 1. The standard InChI is InChI=1S/C13H13ClFNO2S2/c1-2-3-4-5-18-13(17)20-12-7-11(16-8-19)10(15)6-9(12)14/h6-7H,2-5H2,1H3. The monoisotopic (exact) mass is 333 g/mol. The maximum atomic E-state index is 13.5. The van der Waals surface area contributed by atoms with E-state index in [0.717, 1.165) is 37.1 Å². The molecule has 1 aromatic rings. The van der Waals surface area contributed by atoms with E-state index in [0.29, 0.717) is 11.5 Å². The SMILES string of the molecule is CCCCCOC(=O)Sc1cc(N=C=S)c(F)cc1Cl. The molecule has 0 unspecified atom stereocenters. The molecule has 0 heterocycles. The van der Waals surface area contributed by atoms with Gasteiger partial charge in [-0.15, -0.1) is 0 Å². The third-order valence-electron chi connectivity index (χ3n) is 2.33. The minimum absolute atomic E-state index is 0.00863. The van der Waals surface area contributed by atoms with Crippen LogP contribution in [-0.2, 0) is 4.74 Å². The second-order valence-electron chi connectivity index (χ2n) is 3.84. The van der Waals surface area contributed by atoms with E-state index in [1.54, 1.807) is 0 Å². The molecule has 1 rings (SSSR count). The Balaban J connectivity index is 2.69. The summed E-state index contributed by atoms with van der Waals surface area (Å²) >= 11 is 11.1. The van der Waals surface area contributed by atoms with Gasteiger partial charge in [-0.2, -0.15) is 4.99 Å². The molecule has 0 saturated heterocycles. The molecule has 3 nitrogen and oxygen atoms in total. The average Bonchev–Trinajstić information content (AvgIpc) is 2.40. The molecule has 108 valence electrons. The lowest BCUT2D eigenvalue weighted by Crippen LogP contribution is -1.99. The number of hydrogen-bond acceptors (Lipinski definition) is 5. The fourth-order valence-electron chi connectivity index (χ4n) is 1.36. The molecule has 0 aliphatic heterocycles. The van der Waals surface area contributed by atoms with E-state index in [9.17, 15) is 9.18 Å². The van der Waals surface area contributed by atoms with Gasteiger partial charge in [-0.1, -0.05) is 31.4 Å². The molecule has 0 spiro atoms. The molecular weight excluding hydrogens is 321 g/mol. The third kappa shape index (κ3) is 5.59. The third-order valence-corrected chi connectivity index (χ3v) is 3.69. The van der Waals surface area contributed by atoms with E-state index < -0.39 is 11.1 Å². The first kappa shape index (κ1) is 17.1. The quantitative estimate of drug-likeness (QED) is 0.222. The lowest BCUT2D eigenvalue weighted by molar-refractivity contribution is 0.172. The lowest BCUT2D eigenvalue weighted by atomic mass is 10.3. The number of carbonyl (C=O) groups is 1. The van der Waals surface area contributed by atoms with Gasteiger partial charge in [0.25, 0.3) is 0 Å². The minimum Gasteiger partial charge on any atom is -0.457 e. The highest BCUT2D eigenvalue weighted by Gasteiger charge is 2.13. The molecule has 7 heteroatoms. The van der Waals surface area contributed by atoms with E-state index in [-0.39, 0.29) is 10.7 Å². The van der Waals surface area contributed by atoms with Gasteiger partial charge in [0.2, 0.25) is 0 Å². The molecular formula is C13H13ClFNO2S2. The van der Waals surface area contributed by atoms with Crippen molar-refractivity contribution in [2.45, 2.75) is 31.1 Å². The van der Waals surface area contributed by atoms with Crippen molar-refractivity contribution in [1.29, 1.82) is 0 Å². The van der Waals surface area contributed by atoms with Crippen molar-refractivity contribution in [3.63, 3.8) is 0 Å². The maximum Gasteiger partial charge on any atom is 0.372 e. The number of isothiocyanates is 1. The van der Waals surface area contributed by atoms with Crippen LogP contribution in [0.5, 0.6) is 0 Å². The van der Waals surface area contributed by atoms with Gasteiger partial charge in [-0.25, -0.2) is 9.18 Å². The van der Waals surface area contributed by atoms with Crippen LogP contribution in [0.4, 0.5) is 14.9 Å². The van der Waals surface area contributed by atoms with Gasteiger partial charge < -0.3 is 4.74 Å². The fraction of sp³-hybridized carbons (Fsp3) is 0.385. The molecule has 0 fully saturated rings. The highest BCUT2D eigenvalue weighted by Crippen LogP contribution is 2.34. The summed E-state index contributed by atoms with van der Waals surface area (Å²) in [4.78, 5) is 15.5. The first-order valence-corrected chi connectivity index (χ1v) is 7.60. The van der Waals surface area contributed by atoms with Crippen LogP contribution in [0.2, 0.25) is 5.02 Å². The van der Waals surface area contributed by atoms with Gasteiger partial charge >= 0.3 is 5.30 Å². The summed E-state index contributed by atoms with van der Waals surface area (Å²) in [6.45, 7) is 2.43. The zero-order valence-corrected chi connectivity index (χ0v) is 13.2. The molecule has 0 aliphatic rings. The van der Waals surface area contributed by atoms with Crippen LogP contribution in [0.3, 0.4) is 0 Å². The Labute approximate surface area is 131 Å². The van der Waals surface area contributed by atoms with Crippen LogP contribution in [0, 0.1) is 5.82 Å². The number of rotatable bonds is 6. The van der Waals surface area contributed by atoms with Crippen molar-refractivity contribution < 1.29 is 13.9 Å². The molecule has 0 bridgehead atoms. The maximum absolute atomic E-state index is 13.5. The van der Waals surface area contributed by atoms with Crippen molar-refractivity contribution in [3.05, 3.63) is 23.0 Å². The summed E-state index contributed by atoms with van der Waals surface area (Å²) < 4.78 is 18.5. The number of aliphatic imine (C=N–C) groups is 1. The molecule has 0 amide bonds. The molecule has 0 atom stereocenters. The Bertz CT molecular complexity index is 533. The Kier molecular flexibility index (Phi) is 7.77. The van der Waals surface area contributed by atoms with E-state index in [2.05, 4.69) is 29.3 Å². The largest absolute Gasteiger partial charge is 0.457 e. The predicted octanol–water partition coefficient (Wildman–Crippen LogP) is 5.63. The van der Waals surface area contributed by atoms with Crippen molar-refractivity contribution in [2.24, 2.45) is 4.99 Å². The molecule has 0 saturated carbocycles. The van der Waals surface area contributed by atoms with Gasteiger partial charge in [0, 0.05) is 4.90 Å². The molecule has 0 radical (unpaired) electrons. The number of halogens is 2. The highest BCUT2D eigenvalue weighted by molar-refractivity contribution is 8.13. The van der Waals surface area contributed by atoms with Crippen LogP contribution in [-0.4, -0.2) is 17.1 Å². The van der Waals surface area contributed by atoms with Gasteiger partial charge in [-0.05, 0) is 42.5 Å². The van der Waals surface area contributed by atoms with Crippen LogP contribution in [0.25, 0.3) is 0 Å². The van der Waals surface area contributed by atoms with Crippen LogP contribution in [0.15, 0.2) is 22.0 Å². The van der Waals surface area contributed by atoms with Crippen molar-refractivity contribution in [2.75, 3.05) is 6.61 Å². The Morgan fingerprint density at radius 3 is 2.95 bits per heavy atom. The van der Waals surface area contributed by atoms with E-state index in [4.69, 9.17) is 16.3 Å². The molecule has 0 aromatic heterocycles. The number of ether oxygens (including phenoxy) is 1. The van der Waals surface area contributed by atoms with E-state index >= 15 is 0 Å². The lowest BCUT2D eigenvalue weighted by Gasteiger charge is -2.06. The van der Waals surface area contributed by atoms with Crippen molar-refractivity contribution in [3.8, 4) is 0 Å². The normalized spacial score (nSPS) is 9.95. The smallest absolute Gasteiger partial charge is 0.372 e. The van der Waals surface area contributed by atoms with Gasteiger partial charge in [0.1, 0.15) is 5.69 Å². The van der Waals surface area contributed by atoms with Crippen LogP contribution in [0.1, 0.15) is 26.2 Å². The number of thiocarbonyl (C=S) groups is 1. The van der Waals surface area contributed by atoms with E-state index in [1.807, 2.05) is 0 Å². The number of nitrogens with zero attached hydrogens (tertiary/aromatic N) is 1. The number of carbonyl (C=O) groups excluding carboxylic acids is 1. The Morgan fingerprint density at radius 2 is 2.30 bits per heavy atom. The molecule has 0 N–H and O–H groups in total. The number of hydrogen-bond donors (Lipinski definition) is 0. The zero-order valence-electron chi connectivity index (χ0n) is 10.8. The topological polar surface area (TPSA) is 38.7 Å². The number of unbranched alkanes of at least 4 members (excludes halogenated alkanes) is 2. The Morgan fingerprint density at radius 1 is 1.55 bits per heavy atom. The summed E-state index contributed by atoms with van der Waals surface area (Å²) in [5, 5.41) is 1.72. The number of thioether (sulfide) groups is 1. The predicted molar refractivity (Wildman–Crippen MR) is 82.8 cm³/mol. The molecule has 20 heavy (non-hydrogen) atoms. The molecule has 1 aromatic carbocycles. The summed E-state index contributed by atoms with van der Waals surface area (Å²) in [5.74, 6) is -0.618. The van der Waals surface area contributed by atoms with Crippen molar-refractivity contribution >= 4 is 51.7 Å². The highest BCUT2D eigenvalue weighted by atomic mass is 35.5. The fourth-order valence-corrected chi connectivity index (χ4v) is 2.37. The van der Waals surface area contributed by atoms with Crippen LogP contribution >= 0.6 is 35.6 Å². The average molecular weight is 334 g/mol. The zero-order chi connectivity index (χ0) is 15.0.